The Labute approximate surface area is 75.7 Å². The first-order valence-electron chi connectivity index (χ1n) is 5.10. The summed E-state index contributed by atoms with van der Waals surface area (Å²) in [5, 5.41) is 3.44. The van der Waals surface area contributed by atoms with E-state index in [1.165, 1.54) is 19.3 Å². The number of rotatable bonds is 4. The lowest BCUT2D eigenvalue weighted by molar-refractivity contribution is 0.0516. The Balaban J connectivity index is 1.98. The van der Waals surface area contributed by atoms with Crippen molar-refractivity contribution in [3.63, 3.8) is 0 Å². The second-order valence-corrected chi connectivity index (χ2v) is 3.98. The van der Waals surface area contributed by atoms with E-state index in [0.717, 1.165) is 25.7 Å². The number of nitrogens with one attached hydrogen (secondary N) is 1. The first-order valence-corrected chi connectivity index (χ1v) is 5.10. The highest BCUT2D eigenvalue weighted by atomic mass is 16.5. The van der Waals surface area contributed by atoms with E-state index in [9.17, 15) is 0 Å². The maximum atomic E-state index is 5.41. The minimum Gasteiger partial charge on any atom is -0.381 e. The van der Waals surface area contributed by atoms with Crippen LogP contribution < -0.4 is 5.32 Å². The summed E-state index contributed by atoms with van der Waals surface area (Å²) in [6.07, 6.45) is 3.89. The third-order valence-corrected chi connectivity index (χ3v) is 2.36. The maximum absolute atomic E-state index is 5.41. The fourth-order valence-electron chi connectivity index (χ4n) is 1.61. The van der Waals surface area contributed by atoms with Crippen molar-refractivity contribution in [2.24, 2.45) is 5.92 Å². The van der Waals surface area contributed by atoms with Crippen LogP contribution in [-0.2, 0) is 4.74 Å². The summed E-state index contributed by atoms with van der Waals surface area (Å²) in [6.45, 7) is 7.49. The zero-order valence-electron chi connectivity index (χ0n) is 8.31. The topological polar surface area (TPSA) is 21.3 Å². The average molecular weight is 171 g/mol. The molecule has 12 heavy (non-hydrogen) atoms. The molecule has 2 heteroatoms. The molecule has 1 rings (SSSR count). The highest BCUT2D eigenvalue weighted by Gasteiger charge is 2.12. The van der Waals surface area contributed by atoms with Crippen LogP contribution in [0, 0.1) is 5.92 Å². The van der Waals surface area contributed by atoms with E-state index in [0.29, 0.717) is 6.04 Å². The largest absolute Gasteiger partial charge is 0.381 e. The van der Waals surface area contributed by atoms with Gasteiger partial charge in [-0.1, -0.05) is 13.8 Å². The minimum atomic E-state index is 0.620. The van der Waals surface area contributed by atoms with Gasteiger partial charge in [0.05, 0.1) is 0 Å². The Hall–Kier alpha value is -0.0800. The molecule has 1 N–H and O–H groups in total. The van der Waals surface area contributed by atoms with Crippen LogP contribution in [0.25, 0.3) is 0 Å². The first-order chi connectivity index (χ1) is 5.79. The van der Waals surface area contributed by atoms with Crippen molar-refractivity contribution < 1.29 is 4.74 Å². The van der Waals surface area contributed by atoms with Crippen molar-refractivity contribution in [2.45, 2.75) is 39.2 Å². The molecule has 1 unspecified atom stereocenters. The molecule has 72 valence electrons. The van der Waals surface area contributed by atoms with Gasteiger partial charge >= 0.3 is 0 Å². The standard InChI is InChI=1S/C10H21NO/c1-9(2)11-6-5-10-4-3-7-12-8-10/h9-11H,3-8H2,1-2H3. The van der Waals surface area contributed by atoms with Gasteiger partial charge in [0.2, 0.25) is 0 Å². The zero-order chi connectivity index (χ0) is 8.81. The SMILES string of the molecule is CC(C)NCCC1CCCOC1. The monoisotopic (exact) mass is 171 g/mol. The van der Waals surface area contributed by atoms with Crippen molar-refractivity contribution in [3.8, 4) is 0 Å². The van der Waals surface area contributed by atoms with E-state index in [1.54, 1.807) is 0 Å². The first kappa shape index (κ1) is 10.0. The van der Waals surface area contributed by atoms with Crippen molar-refractivity contribution in [3.05, 3.63) is 0 Å². The van der Waals surface area contributed by atoms with Crippen LogP contribution in [0.2, 0.25) is 0 Å². The van der Waals surface area contributed by atoms with Crippen molar-refractivity contribution in [2.75, 3.05) is 19.8 Å². The molecule has 1 aliphatic heterocycles. The quantitative estimate of drug-likeness (QED) is 0.696. The second kappa shape index (κ2) is 5.55. The minimum absolute atomic E-state index is 0.620. The summed E-state index contributed by atoms with van der Waals surface area (Å²) >= 11 is 0. The van der Waals surface area contributed by atoms with E-state index in [-0.39, 0.29) is 0 Å². The Kier molecular flexibility index (Phi) is 4.62. The smallest absolute Gasteiger partial charge is 0.0494 e. The molecular formula is C10H21NO. The lowest BCUT2D eigenvalue weighted by Gasteiger charge is -2.22. The number of hydrogen-bond acceptors (Lipinski definition) is 2. The Bertz CT molecular complexity index is 108. The third-order valence-electron chi connectivity index (χ3n) is 2.36. The molecule has 0 bridgehead atoms. The molecule has 2 nitrogen and oxygen atoms in total. The maximum Gasteiger partial charge on any atom is 0.0494 e. The molecule has 0 aromatic carbocycles. The van der Waals surface area contributed by atoms with E-state index in [4.69, 9.17) is 4.74 Å². The van der Waals surface area contributed by atoms with Gasteiger partial charge in [0.25, 0.3) is 0 Å². The molecule has 0 saturated carbocycles. The fraction of sp³-hybridized carbons (Fsp3) is 1.00. The van der Waals surface area contributed by atoms with Crippen LogP contribution in [0.15, 0.2) is 0 Å². The van der Waals surface area contributed by atoms with E-state index >= 15 is 0 Å². The van der Waals surface area contributed by atoms with Gasteiger partial charge in [-0.25, -0.2) is 0 Å². The fourth-order valence-corrected chi connectivity index (χ4v) is 1.61. The Morgan fingerprint density at radius 1 is 1.50 bits per heavy atom. The molecule has 1 fully saturated rings. The third kappa shape index (κ3) is 4.07. The van der Waals surface area contributed by atoms with Crippen LogP contribution in [0.3, 0.4) is 0 Å². The van der Waals surface area contributed by atoms with Crippen LogP contribution in [0.4, 0.5) is 0 Å². The van der Waals surface area contributed by atoms with Crippen LogP contribution in [0.1, 0.15) is 33.1 Å². The van der Waals surface area contributed by atoms with Crippen LogP contribution in [0.5, 0.6) is 0 Å². The summed E-state index contributed by atoms with van der Waals surface area (Å²) in [6, 6.07) is 0.620. The van der Waals surface area contributed by atoms with Gasteiger partial charge in [-0.15, -0.1) is 0 Å². The van der Waals surface area contributed by atoms with E-state index in [1.807, 2.05) is 0 Å². The Morgan fingerprint density at radius 2 is 2.33 bits per heavy atom. The van der Waals surface area contributed by atoms with Gasteiger partial charge in [-0.2, -0.15) is 0 Å². The van der Waals surface area contributed by atoms with Gasteiger partial charge in [0.1, 0.15) is 0 Å². The summed E-state index contributed by atoms with van der Waals surface area (Å²) < 4.78 is 5.41. The van der Waals surface area contributed by atoms with Crippen molar-refractivity contribution in [1.82, 2.24) is 5.32 Å². The summed E-state index contributed by atoms with van der Waals surface area (Å²) in [4.78, 5) is 0. The van der Waals surface area contributed by atoms with Gasteiger partial charge < -0.3 is 10.1 Å². The molecule has 0 amide bonds. The molecule has 1 heterocycles. The number of ether oxygens (including phenoxy) is 1. The van der Waals surface area contributed by atoms with Gasteiger partial charge in [-0.3, -0.25) is 0 Å². The molecule has 0 radical (unpaired) electrons. The van der Waals surface area contributed by atoms with E-state index in [2.05, 4.69) is 19.2 Å². The highest BCUT2D eigenvalue weighted by Crippen LogP contribution is 2.16. The molecular weight excluding hydrogens is 150 g/mol. The highest BCUT2D eigenvalue weighted by molar-refractivity contribution is 4.65. The summed E-state index contributed by atoms with van der Waals surface area (Å²) in [5.41, 5.74) is 0. The molecule has 0 aromatic heterocycles. The summed E-state index contributed by atoms with van der Waals surface area (Å²) in [7, 11) is 0. The molecule has 1 saturated heterocycles. The lowest BCUT2D eigenvalue weighted by Crippen LogP contribution is -2.27. The molecule has 0 aliphatic carbocycles. The van der Waals surface area contributed by atoms with Crippen LogP contribution >= 0.6 is 0 Å². The van der Waals surface area contributed by atoms with Crippen molar-refractivity contribution >= 4 is 0 Å². The normalized spacial score (nSPS) is 24.8. The van der Waals surface area contributed by atoms with Crippen molar-refractivity contribution in [1.29, 1.82) is 0 Å². The summed E-state index contributed by atoms with van der Waals surface area (Å²) in [5.74, 6) is 0.810. The second-order valence-electron chi connectivity index (χ2n) is 3.98. The van der Waals surface area contributed by atoms with Crippen LogP contribution in [-0.4, -0.2) is 25.8 Å². The average Bonchev–Trinajstić information content (AvgIpc) is 2.05. The van der Waals surface area contributed by atoms with Gasteiger partial charge in [-0.05, 0) is 31.7 Å². The van der Waals surface area contributed by atoms with E-state index < -0.39 is 0 Å². The van der Waals surface area contributed by atoms with Gasteiger partial charge in [0.15, 0.2) is 0 Å². The molecule has 0 aromatic rings. The zero-order valence-corrected chi connectivity index (χ0v) is 8.31. The predicted octanol–water partition coefficient (Wildman–Crippen LogP) is 1.80. The molecule has 1 aliphatic rings. The molecule has 0 spiro atoms. The number of hydrogen-bond donors (Lipinski definition) is 1. The predicted molar refractivity (Wildman–Crippen MR) is 51.3 cm³/mol. The molecule has 1 atom stereocenters. The lowest BCUT2D eigenvalue weighted by atomic mass is 9.99. The Morgan fingerprint density at radius 3 is 2.92 bits per heavy atom. The van der Waals surface area contributed by atoms with Gasteiger partial charge in [0, 0.05) is 19.3 Å².